The molecule has 3 saturated carbocycles. The SMILES string of the molecule is Cc1ccc(N(c2ccc(C=Cc3ccc(N(c4ccc(C=Cc5ccc(N(c6ccc(C)cc6)c6ccc(C=C7CCCCC7)cc6)cc5)cc4)c4ccc(C=Cc5ccc(N(c6ccc(C)cc6)c6ccc(C=C7CCCCC7)cc6)cc5)cc4)cc3)cc2)c2ccc(C=C3CCCCC3)cc2)cc1. The highest BCUT2D eigenvalue weighted by molar-refractivity contribution is 5.85. The van der Waals surface area contributed by atoms with Gasteiger partial charge in [-0.25, -0.2) is 0 Å². The van der Waals surface area contributed by atoms with Gasteiger partial charge in [0.2, 0.25) is 0 Å². The topological polar surface area (TPSA) is 13.0 Å². The van der Waals surface area contributed by atoms with E-state index in [1.54, 1.807) is 16.7 Å². The van der Waals surface area contributed by atoms with E-state index in [2.05, 4.69) is 386 Å². The highest BCUT2D eigenvalue weighted by Gasteiger charge is 2.19. The molecule has 0 spiro atoms. The fourth-order valence-corrected chi connectivity index (χ4v) is 15.2. The molecule has 106 heavy (non-hydrogen) atoms. The zero-order valence-electron chi connectivity index (χ0n) is 61.8. The Hall–Kier alpha value is -11.7. The van der Waals surface area contributed by atoms with Crippen molar-refractivity contribution in [2.24, 2.45) is 0 Å². The minimum Gasteiger partial charge on any atom is -0.311 e. The van der Waals surface area contributed by atoms with Crippen molar-refractivity contribution in [2.45, 2.75) is 117 Å². The first kappa shape index (κ1) is 70.0. The second kappa shape index (κ2) is 33.8. The van der Waals surface area contributed by atoms with E-state index in [0.29, 0.717) is 0 Å². The van der Waals surface area contributed by atoms with Crippen LogP contribution in [0.25, 0.3) is 54.7 Å². The van der Waals surface area contributed by atoms with Gasteiger partial charge in [0.25, 0.3) is 0 Å². The number of anilines is 12. The Bertz CT molecular complexity index is 4510. The second-order valence-corrected chi connectivity index (χ2v) is 29.3. The molecule has 524 valence electrons. The normalized spacial score (nSPS) is 14.0. The van der Waals surface area contributed by atoms with Gasteiger partial charge < -0.3 is 19.6 Å². The summed E-state index contributed by atoms with van der Waals surface area (Å²) in [5.41, 5.74) is 32.5. The van der Waals surface area contributed by atoms with Gasteiger partial charge in [-0.15, -0.1) is 0 Å². The van der Waals surface area contributed by atoms with Gasteiger partial charge in [0.05, 0.1) is 0 Å². The van der Waals surface area contributed by atoms with Gasteiger partial charge in [-0.05, 0) is 293 Å². The molecule has 12 aromatic carbocycles. The van der Waals surface area contributed by atoms with Crippen molar-refractivity contribution in [3.05, 3.63) is 375 Å². The van der Waals surface area contributed by atoms with Crippen LogP contribution in [0.3, 0.4) is 0 Å². The van der Waals surface area contributed by atoms with E-state index in [0.717, 1.165) is 102 Å². The van der Waals surface area contributed by atoms with Gasteiger partial charge in [-0.3, -0.25) is 0 Å². The third-order valence-electron chi connectivity index (χ3n) is 21.2. The Morgan fingerprint density at radius 3 is 0.443 bits per heavy atom. The third-order valence-corrected chi connectivity index (χ3v) is 21.2. The summed E-state index contributed by atoms with van der Waals surface area (Å²) in [6, 6.07) is 107. The summed E-state index contributed by atoms with van der Waals surface area (Å²) in [4.78, 5) is 9.43. The molecule has 12 aromatic rings. The van der Waals surface area contributed by atoms with Crippen molar-refractivity contribution >= 4 is 123 Å². The molecule has 0 amide bonds. The summed E-state index contributed by atoms with van der Waals surface area (Å²) < 4.78 is 0. The smallest absolute Gasteiger partial charge is 0.0462 e. The molecule has 3 aliphatic carbocycles. The molecule has 3 aliphatic rings. The molecule has 0 unspecified atom stereocenters. The van der Waals surface area contributed by atoms with Crippen molar-refractivity contribution in [3.8, 4) is 0 Å². The van der Waals surface area contributed by atoms with Crippen LogP contribution in [-0.2, 0) is 0 Å². The maximum absolute atomic E-state index is 2.41. The van der Waals surface area contributed by atoms with Crippen LogP contribution in [0.15, 0.2) is 308 Å². The van der Waals surface area contributed by atoms with E-state index in [1.165, 1.54) is 130 Å². The van der Waals surface area contributed by atoms with E-state index >= 15 is 0 Å². The minimum absolute atomic E-state index is 1.07. The second-order valence-electron chi connectivity index (χ2n) is 29.3. The van der Waals surface area contributed by atoms with Gasteiger partial charge in [0.1, 0.15) is 0 Å². The monoisotopic (exact) mass is 1380 g/mol. The average molecular weight is 1380 g/mol. The molecule has 0 N–H and O–H groups in total. The zero-order valence-corrected chi connectivity index (χ0v) is 61.8. The number of rotatable bonds is 21. The van der Waals surface area contributed by atoms with Gasteiger partial charge in [0, 0.05) is 68.2 Å². The van der Waals surface area contributed by atoms with Crippen LogP contribution in [0.5, 0.6) is 0 Å². The Labute approximate surface area is 630 Å². The molecule has 0 radical (unpaired) electrons. The van der Waals surface area contributed by atoms with E-state index in [9.17, 15) is 0 Å². The maximum atomic E-state index is 2.41. The average Bonchev–Trinajstić information content (AvgIpc) is 0.817. The lowest BCUT2D eigenvalue weighted by Gasteiger charge is -2.26. The lowest BCUT2D eigenvalue weighted by atomic mass is 9.93. The molecule has 0 saturated heterocycles. The molecule has 4 nitrogen and oxygen atoms in total. The summed E-state index contributed by atoms with van der Waals surface area (Å²) in [5, 5.41) is 0. The van der Waals surface area contributed by atoms with Crippen LogP contribution in [0, 0.1) is 20.8 Å². The quantitative estimate of drug-likeness (QED) is 0.0665. The first-order valence-corrected chi connectivity index (χ1v) is 38.6. The fourth-order valence-electron chi connectivity index (χ4n) is 15.2. The fraction of sp³-hybridized carbons (Fsp3) is 0.176. The van der Waals surface area contributed by atoms with Crippen molar-refractivity contribution in [3.63, 3.8) is 0 Å². The molecular weight excluding hydrogens is 1280 g/mol. The van der Waals surface area contributed by atoms with Crippen LogP contribution in [0.1, 0.15) is 163 Å². The highest BCUT2D eigenvalue weighted by atomic mass is 15.2. The van der Waals surface area contributed by atoms with E-state index in [4.69, 9.17) is 0 Å². The Kier molecular flexibility index (Phi) is 22.3. The number of aryl methyl sites for hydroxylation is 3. The number of hydrogen-bond acceptors (Lipinski definition) is 4. The summed E-state index contributed by atoms with van der Waals surface area (Å²) in [6.07, 6.45) is 39.7. The molecule has 0 aromatic heterocycles. The Morgan fingerprint density at radius 1 is 0.160 bits per heavy atom. The summed E-state index contributed by atoms with van der Waals surface area (Å²) in [7, 11) is 0. The molecule has 0 atom stereocenters. The van der Waals surface area contributed by atoms with Crippen molar-refractivity contribution < 1.29 is 0 Å². The van der Waals surface area contributed by atoms with Crippen LogP contribution >= 0.6 is 0 Å². The lowest BCUT2D eigenvalue weighted by Crippen LogP contribution is -2.10. The van der Waals surface area contributed by atoms with Gasteiger partial charge in [0.15, 0.2) is 0 Å². The summed E-state index contributed by atoms with van der Waals surface area (Å²) in [6.45, 7) is 6.45. The van der Waals surface area contributed by atoms with Crippen molar-refractivity contribution in [1.29, 1.82) is 0 Å². The molecule has 0 bridgehead atoms. The predicted molar refractivity (Wildman–Crippen MR) is 459 cm³/mol. The largest absolute Gasteiger partial charge is 0.311 e. The molecule has 4 heteroatoms. The molecule has 15 rings (SSSR count). The summed E-state index contributed by atoms with van der Waals surface area (Å²) in [5.74, 6) is 0. The van der Waals surface area contributed by atoms with Crippen LogP contribution in [0.2, 0.25) is 0 Å². The van der Waals surface area contributed by atoms with Crippen LogP contribution < -0.4 is 19.6 Å². The highest BCUT2D eigenvalue weighted by Crippen LogP contribution is 2.42. The summed E-state index contributed by atoms with van der Waals surface area (Å²) >= 11 is 0. The molecule has 0 heterocycles. The Morgan fingerprint density at radius 2 is 0.292 bits per heavy atom. The molecular formula is C102H96N4. The number of benzene rings is 12. The zero-order chi connectivity index (χ0) is 71.8. The predicted octanol–water partition coefficient (Wildman–Crippen LogP) is 30.0. The first-order chi connectivity index (χ1) is 52.2. The van der Waals surface area contributed by atoms with Crippen LogP contribution in [0.4, 0.5) is 68.2 Å². The van der Waals surface area contributed by atoms with E-state index < -0.39 is 0 Å². The Balaban J connectivity index is 0.671. The van der Waals surface area contributed by atoms with E-state index in [1.807, 2.05) is 0 Å². The first-order valence-electron chi connectivity index (χ1n) is 38.6. The standard InChI is InChI=1S/C102H96N4/c1-76-19-49-91(50-20-76)103(100-67-43-88(44-68-100)73-85-13-7-4-8-14-85)94-55-31-79(32-56-94)25-28-82-37-61-97(62-38-82)106(98-63-39-83(40-64-98)29-26-80-33-57-95(58-34-80)104(92-51-21-77(2)22-52-92)101-69-45-89(46-70-101)74-86-15-9-5-10-16-86)99-65-41-84(42-66-99)30-27-81-35-59-96(60-36-81)105(93-53-23-78(3)24-54-93)102-71-47-90(48-72-102)75-87-17-11-6-12-18-87/h19-75H,4-18H2,1-3H3. The maximum Gasteiger partial charge on any atom is 0.0462 e. The van der Waals surface area contributed by atoms with E-state index in [-0.39, 0.29) is 0 Å². The number of allylic oxidation sites excluding steroid dienone is 3. The number of hydrogen-bond donors (Lipinski definition) is 0. The molecule has 0 aliphatic heterocycles. The lowest BCUT2D eigenvalue weighted by molar-refractivity contribution is 0.602. The van der Waals surface area contributed by atoms with Crippen molar-refractivity contribution in [1.82, 2.24) is 0 Å². The van der Waals surface area contributed by atoms with Crippen molar-refractivity contribution in [2.75, 3.05) is 19.6 Å². The minimum atomic E-state index is 1.07. The van der Waals surface area contributed by atoms with Gasteiger partial charge in [-0.1, -0.05) is 253 Å². The molecule has 3 fully saturated rings. The van der Waals surface area contributed by atoms with Gasteiger partial charge >= 0.3 is 0 Å². The number of nitrogens with zero attached hydrogens (tertiary/aromatic N) is 4. The van der Waals surface area contributed by atoms with Gasteiger partial charge in [-0.2, -0.15) is 0 Å². The van der Waals surface area contributed by atoms with Crippen LogP contribution in [-0.4, -0.2) is 0 Å². The third kappa shape index (κ3) is 17.9.